The predicted molar refractivity (Wildman–Crippen MR) is 121 cm³/mol. The molecule has 0 saturated heterocycles. The molecule has 2 aliphatic carbocycles. The molecule has 1 saturated carbocycles. The van der Waals surface area contributed by atoms with Gasteiger partial charge in [0.2, 0.25) is 11.8 Å². The van der Waals surface area contributed by atoms with Crippen LogP contribution in [-0.2, 0) is 29.0 Å². The van der Waals surface area contributed by atoms with E-state index in [9.17, 15) is 14.4 Å². The molecule has 1 unspecified atom stereocenters. The Morgan fingerprint density at radius 1 is 0.969 bits per heavy atom. The number of amides is 2. The van der Waals surface area contributed by atoms with Crippen molar-refractivity contribution in [3.8, 4) is 0 Å². The number of aromatic nitrogens is 2. The summed E-state index contributed by atoms with van der Waals surface area (Å²) < 4.78 is 1.48. The lowest BCUT2D eigenvalue weighted by atomic mass is 10.1. The van der Waals surface area contributed by atoms with Crippen molar-refractivity contribution in [3.05, 3.63) is 75.7 Å². The minimum Gasteiger partial charge on any atom is -0.353 e. The van der Waals surface area contributed by atoms with Crippen LogP contribution in [-0.4, -0.2) is 27.4 Å². The molecule has 1 atom stereocenters. The van der Waals surface area contributed by atoms with Gasteiger partial charge in [0.25, 0.3) is 5.56 Å². The third-order valence-corrected chi connectivity index (χ3v) is 6.22. The fourth-order valence-electron chi connectivity index (χ4n) is 4.42. The summed E-state index contributed by atoms with van der Waals surface area (Å²) in [5, 5.41) is 6.03. The van der Waals surface area contributed by atoms with E-state index in [0.29, 0.717) is 16.7 Å². The molecule has 0 bridgehead atoms. The SMILES string of the molecule is O=C(CCc1nc2ccccc2n(CC(=O)NC2CCc3ccccc32)c1=O)NC1CC1. The van der Waals surface area contributed by atoms with Crippen molar-refractivity contribution in [1.29, 1.82) is 0 Å². The van der Waals surface area contributed by atoms with E-state index in [1.165, 1.54) is 10.1 Å². The summed E-state index contributed by atoms with van der Waals surface area (Å²) in [5.41, 5.74) is 3.67. The number of para-hydroxylation sites is 2. The Labute approximate surface area is 185 Å². The largest absolute Gasteiger partial charge is 0.353 e. The van der Waals surface area contributed by atoms with Crippen LogP contribution in [0.1, 0.15) is 48.5 Å². The van der Waals surface area contributed by atoms with E-state index in [-0.39, 0.29) is 48.8 Å². The maximum Gasteiger partial charge on any atom is 0.273 e. The number of nitrogens with zero attached hydrogens (tertiary/aromatic N) is 2. The summed E-state index contributed by atoms with van der Waals surface area (Å²) in [7, 11) is 0. The highest BCUT2D eigenvalue weighted by molar-refractivity contribution is 5.81. The standard InChI is InChI=1S/C25H26N4O3/c30-23(26-17-10-11-17)14-13-21-25(32)29(22-8-4-3-7-20(22)27-21)15-24(31)28-19-12-9-16-5-1-2-6-18(16)19/h1-8,17,19H,9-15H2,(H,26,30)(H,28,31). The van der Waals surface area contributed by atoms with Crippen LogP contribution >= 0.6 is 0 Å². The van der Waals surface area contributed by atoms with E-state index in [0.717, 1.165) is 31.2 Å². The maximum atomic E-state index is 13.2. The van der Waals surface area contributed by atoms with Gasteiger partial charge in [-0.2, -0.15) is 0 Å². The van der Waals surface area contributed by atoms with Gasteiger partial charge in [-0.1, -0.05) is 36.4 Å². The summed E-state index contributed by atoms with van der Waals surface area (Å²) in [6, 6.07) is 15.7. The molecule has 5 rings (SSSR count). The first-order chi connectivity index (χ1) is 15.6. The molecular formula is C25H26N4O3. The molecule has 32 heavy (non-hydrogen) atoms. The van der Waals surface area contributed by atoms with Gasteiger partial charge in [0, 0.05) is 18.9 Å². The van der Waals surface area contributed by atoms with Gasteiger partial charge in [0.15, 0.2) is 0 Å². The number of hydrogen-bond acceptors (Lipinski definition) is 4. The Morgan fingerprint density at radius 2 is 1.75 bits per heavy atom. The number of fused-ring (bicyclic) bond motifs is 2. The van der Waals surface area contributed by atoms with E-state index in [2.05, 4.69) is 21.7 Å². The van der Waals surface area contributed by atoms with E-state index < -0.39 is 0 Å². The number of aryl methyl sites for hydroxylation is 2. The quantitative estimate of drug-likeness (QED) is 0.602. The van der Waals surface area contributed by atoms with Crippen molar-refractivity contribution in [2.75, 3.05) is 0 Å². The maximum absolute atomic E-state index is 13.2. The first-order valence-electron chi connectivity index (χ1n) is 11.2. The second kappa shape index (κ2) is 8.57. The lowest BCUT2D eigenvalue weighted by Crippen LogP contribution is -2.36. The number of nitrogens with one attached hydrogen (secondary N) is 2. The van der Waals surface area contributed by atoms with Crippen molar-refractivity contribution < 1.29 is 9.59 Å². The topological polar surface area (TPSA) is 93.1 Å². The Kier molecular flexibility index (Phi) is 5.47. The van der Waals surface area contributed by atoms with E-state index in [1.807, 2.05) is 36.4 Å². The van der Waals surface area contributed by atoms with Crippen LogP contribution in [0.15, 0.2) is 53.3 Å². The van der Waals surface area contributed by atoms with Crippen LogP contribution in [0.5, 0.6) is 0 Å². The second-order valence-electron chi connectivity index (χ2n) is 8.64. The van der Waals surface area contributed by atoms with Crippen LogP contribution in [0.2, 0.25) is 0 Å². The fourth-order valence-corrected chi connectivity index (χ4v) is 4.42. The highest BCUT2D eigenvalue weighted by Crippen LogP contribution is 2.30. The lowest BCUT2D eigenvalue weighted by molar-refractivity contribution is -0.122. The van der Waals surface area contributed by atoms with Crippen LogP contribution in [0, 0.1) is 0 Å². The zero-order chi connectivity index (χ0) is 22.1. The third-order valence-electron chi connectivity index (χ3n) is 6.22. The van der Waals surface area contributed by atoms with Crippen molar-refractivity contribution in [2.24, 2.45) is 0 Å². The van der Waals surface area contributed by atoms with Gasteiger partial charge in [-0.3, -0.25) is 19.0 Å². The Bertz CT molecular complexity index is 1250. The number of carbonyl (C=O) groups excluding carboxylic acids is 2. The molecule has 3 aromatic rings. The summed E-state index contributed by atoms with van der Waals surface area (Å²) in [4.78, 5) is 42.7. The van der Waals surface area contributed by atoms with Gasteiger partial charge in [0.05, 0.1) is 17.1 Å². The summed E-state index contributed by atoms with van der Waals surface area (Å²) in [6.07, 6.45) is 4.30. The van der Waals surface area contributed by atoms with E-state index in [1.54, 1.807) is 6.07 Å². The van der Waals surface area contributed by atoms with E-state index in [4.69, 9.17) is 0 Å². The Hall–Kier alpha value is -3.48. The summed E-state index contributed by atoms with van der Waals surface area (Å²) >= 11 is 0. The molecule has 0 radical (unpaired) electrons. The normalized spacial score (nSPS) is 17.2. The van der Waals surface area contributed by atoms with Crippen molar-refractivity contribution in [1.82, 2.24) is 20.2 Å². The smallest absolute Gasteiger partial charge is 0.273 e. The zero-order valence-electron chi connectivity index (χ0n) is 17.8. The molecule has 2 aliphatic rings. The predicted octanol–water partition coefficient (Wildman–Crippen LogP) is 2.41. The molecular weight excluding hydrogens is 404 g/mol. The molecule has 0 spiro atoms. The third kappa shape index (κ3) is 4.28. The molecule has 1 fully saturated rings. The first-order valence-corrected chi connectivity index (χ1v) is 11.2. The molecule has 2 aromatic carbocycles. The van der Waals surface area contributed by atoms with Gasteiger partial charge in [0.1, 0.15) is 12.2 Å². The molecule has 164 valence electrons. The lowest BCUT2D eigenvalue weighted by Gasteiger charge is -2.16. The van der Waals surface area contributed by atoms with Gasteiger partial charge in [-0.05, 0) is 48.9 Å². The van der Waals surface area contributed by atoms with Crippen LogP contribution < -0.4 is 16.2 Å². The number of carbonyl (C=O) groups is 2. The minimum atomic E-state index is -0.315. The highest BCUT2D eigenvalue weighted by Gasteiger charge is 2.25. The second-order valence-corrected chi connectivity index (χ2v) is 8.64. The summed E-state index contributed by atoms with van der Waals surface area (Å²) in [5.74, 6) is -0.270. The number of benzene rings is 2. The average molecular weight is 431 g/mol. The van der Waals surface area contributed by atoms with Crippen molar-refractivity contribution >= 4 is 22.8 Å². The molecule has 7 heteroatoms. The van der Waals surface area contributed by atoms with E-state index >= 15 is 0 Å². The molecule has 7 nitrogen and oxygen atoms in total. The average Bonchev–Trinajstić information content (AvgIpc) is 3.52. The fraction of sp³-hybridized carbons (Fsp3) is 0.360. The van der Waals surface area contributed by atoms with Crippen molar-refractivity contribution in [2.45, 2.75) is 57.2 Å². The van der Waals surface area contributed by atoms with Crippen LogP contribution in [0.4, 0.5) is 0 Å². The number of rotatable bonds is 7. The molecule has 2 amide bonds. The summed E-state index contributed by atoms with van der Waals surface area (Å²) in [6.45, 7) is -0.0815. The number of hydrogen-bond donors (Lipinski definition) is 2. The first kappa shape index (κ1) is 20.4. The van der Waals surface area contributed by atoms with Gasteiger partial charge in [-0.15, -0.1) is 0 Å². The highest BCUT2D eigenvalue weighted by atomic mass is 16.2. The van der Waals surface area contributed by atoms with Crippen LogP contribution in [0.25, 0.3) is 11.0 Å². The molecule has 0 aliphatic heterocycles. The molecule has 1 aromatic heterocycles. The Morgan fingerprint density at radius 3 is 2.59 bits per heavy atom. The molecule has 1 heterocycles. The molecule has 2 N–H and O–H groups in total. The monoisotopic (exact) mass is 430 g/mol. The van der Waals surface area contributed by atoms with Crippen LogP contribution in [0.3, 0.4) is 0 Å². The Balaban J connectivity index is 1.36. The van der Waals surface area contributed by atoms with Gasteiger partial charge >= 0.3 is 0 Å². The van der Waals surface area contributed by atoms with Gasteiger partial charge in [-0.25, -0.2) is 4.98 Å². The van der Waals surface area contributed by atoms with Gasteiger partial charge < -0.3 is 10.6 Å². The van der Waals surface area contributed by atoms with Crippen molar-refractivity contribution in [3.63, 3.8) is 0 Å². The minimum absolute atomic E-state index is 0.0342. The zero-order valence-corrected chi connectivity index (χ0v) is 17.8.